The first-order valence-corrected chi connectivity index (χ1v) is 6.88. The summed E-state index contributed by atoms with van der Waals surface area (Å²) in [5, 5.41) is 0. The molecule has 18 heavy (non-hydrogen) atoms. The third-order valence-electron chi connectivity index (χ3n) is 3.05. The molecule has 2 N–H and O–H groups in total. The van der Waals surface area contributed by atoms with E-state index in [1.807, 2.05) is 22.6 Å². The van der Waals surface area contributed by atoms with Crippen LogP contribution in [0.25, 0.3) is 0 Å². The molecule has 0 fully saturated rings. The van der Waals surface area contributed by atoms with E-state index < -0.39 is 0 Å². The summed E-state index contributed by atoms with van der Waals surface area (Å²) in [6.45, 7) is 8.65. The maximum Gasteiger partial charge on any atom is 0.270 e. The topological polar surface area (TPSA) is 51.3 Å². The summed E-state index contributed by atoms with van der Waals surface area (Å²) in [7, 11) is 0. The molecule has 1 aromatic heterocycles. The lowest BCUT2D eigenvalue weighted by Gasteiger charge is -2.21. The lowest BCUT2D eigenvalue weighted by Crippen LogP contribution is -2.33. The minimum atomic E-state index is 0.0936. The second-order valence-corrected chi connectivity index (χ2v) is 4.59. The van der Waals surface area contributed by atoms with Crippen molar-refractivity contribution < 1.29 is 4.79 Å². The van der Waals surface area contributed by atoms with Crippen molar-refractivity contribution in [3.8, 4) is 0 Å². The Morgan fingerprint density at radius 2 is 2.06 bits per heavy atom. The van der Waals surface area contributed by atoms with Crippen LogP contribution in [0.15, 0.2) is 12.3 Å². The van der Waals surface area contributed by atoms with Gasteiger partial charge in [-0.25, -0.2) is 0 Å². The van der Waals surface area contributed by atoms with Gasteiger partial charge >= 0.3 is 0 Å². The summed E-state index contributed by atoms with van der Waals surface area (Å²) < 4.78 is 1.96. The van der Waals surface area contributed by atoms with Crippen molar-refractivity contribution in [3.05, 3.63) is 18.0 Å². The van der Waals surface area contributed by atoms with Crippen LogP contribution in [0.1, 0.15) is 50.5 Å². The zero-order chi connectivity index (χ0) is 13.5. The molecule has 0 aromatic carbocycles. The number of nitrogen functional groups attached to an aromatic ring is 1. The number of carbonyl (C=O) groups excluding carboxylic acids is 1. The number of aryl methyl sites for hydroxylation is 1. The molecule has 1 rings (SSSR count). The maximum absolute atomic E-state index is 12.4. The van der Waals surface area contributed by atoms with E-state index >= 15 is 0 Å². The summed E-state index contributed by atoms with van der Waals surface area (Å²) in [6, 6.07) is 1.78. The summed E-state index contributed by atoms with van der Waals surface area (Å²) in [5.74, 6) is 0.0936. The molecule has 0 aliphatic heterocycles. The van der Waals surface area contributed by atoms with Crippen molar-refractivity contribution >= 4 is 11.6 Å². The van der Waals surface area contributed by atoms with Crippen LogP contribution >= 0.6 is 0 Å². The van der Waals surface area contributed by atoms with E-state index in [4.69, 9.17) is 5.73 Å². The number of anilines is 1. The van der Waals surface area contributed by atoms with E-state index in [0.29, 0.717) is 11.4 Å². The molecule has 1 amide bonds. The number of rotatable bonds is 7. The predicted octanol–water partition coefficient (Wildman–Crippen LogP) is 2.74. The lowest BCUT2D eigenvalue weighted by molar-refractivity contribution is 0.0751. The third-order valence-corrected chi connectivity index (χ3v) is 3.05. The highest BCUT2D eigenvalue weighted by atomic mass is 16.2. The number of hydrogen-bond donors (Lipinski definition) is 1. The molecule has 0 saturated heterocycles. The normalized spacial score (nSPS) is 10.6. The minimum Gasteiger partial charge on any atom is -0.397 e. The first-order chi connectivity index (χ1) is 8.63. The van der Waals surface area contributed by atoms with Gasteiger partial charge in [-0.3, -0.25) is 4.79 Å². The Labute approximate surface area is 110 Å². The molecule has 0 bridgehead atoms. The van der Waals surface area contributed by atoms with Crippen LogP contribution in [0.3, 0.4) is 0 Å². The second kappa shape index (κ2) is 7.09. The minimum absolute atomic E-state index is 0.0936. The van der Waals surface area contributed by atoms with Crippen molar-refractivity contribution in [1.82, 2.24) is 9.47 Å². The Bertz CT molecular complexity index is 384. The number of nitrogens with two attached hydrogens (primary N) is 1. The quantitative estimate of drug-likeness (QED) is 0.810. The largest absolute Gasteiger partial charge is 0.397 e. The molecule has 4 heteroatoms. The number of unbranched alkanes of at least 4 members (excludes halogenated alkanes) is 1. The summed E-state index contributed by atoms with van der Waals surface area (Å²) in [4.78, 5) is 14.3. The van der Waals surface area contributed by atoms with E-state index in [0.717, 1.165) is 38.9 Å². The molecule has 1 aromatic rings. The number of hydrogen-bond acceptors (Lipinski definition) is 2. The fourth-order valence-corrected chi connectivity index (χ4v) is 2.05. The Hall–Kier alpha value is -1.45. The Morgan fingerprint density at radius 3 is 2.61 bits per heavy atom. The standard InChI is InChI=1S/C14H25N3O/c1-4-7-9-16(6-3)14(18)13-10-12(15)11-17(13)8-5-2/h10-11H,4-9,15H2,1-3H3. The molecule has 4 nitrogen and oxygen atoms in total. The molecular weight excluding hydrogens is 226 g/mol. The molecule has 0 unspecified atom stereocenters. The Kier molecular flexibility index (Phi) is 5.75. The maximum atomic E-state index is 12.4. The van der Waals surface area contributed by atoms with Gasteiger partial charge in [-0.15, -0.1) is 0 Å². The van der Waals surface area contributed by atoms with Crippen molar-refractivity contribution in [1.29, 1.82) is 0 Å². The molecule has 1 heterocycles. The first kappa shape index (κ1) is 14.6. The predicted molar refractivity (Wildman–Crippen MR) is 75.6 cm³/mol. The van der Waals surface area contributed by atoms with Crippen molar-refractivity contribution in [2.45, 2.75) is 46.6 Å². The molecule has 0 spiro atoms. The van der Waals surface area contributed by atoms with Crippen LogP contribution in [-0.2, 0) is 6.54 Å². The van der Waals surface area contributed by atoms with Gasteiger partial charge in [0, 0.05) is 25.8 Å². The Balaban J connectivity index is 2.86. The molecule has 0 aliphatic rings. The Morgan fingerprint density at radius 1 is 1.33 bits per heavy atom. The van der Waals surface area contributed by atoms with Crippen LogP contribution in [0.4, 0.5) is 5.69 Å². The highest BCUT2D eigenvalue weighted by Crippen LogP contribution is 2.14. The molecule has 0 atom stereocenters. The molecule has 102 valence electrons. The van der Waals surface area contributed by atoms with E-state index in [1.54, 1.807) is 6.07 Å². The van der Waals surface area contributed by atoms with Crippen LogP contribution in [0.2, 0.25) is 0 Å². The highest BCUT2D eigenvalue weighted by Gasteiger charge is 2.18. The number of aromatic nitrogens is 1. The average molecular weight is 251 g/mol. The smallest absolute Gasteiger partial charge is 0.270 e. The zero-order valence-electron chi connectivity index (χ0n) is 11.8. The summed E-state index contributed by atoms with van der Waals surface area (Å²) >= 11 is 0. The molecular formula is C14H25N3O. The van der Waals surface area contributed by atoms with Crippen LogP contribution in [-0.4, -0.2) is 28.5 Å². The zero-order valence-corrected chi connectivity index (χ0v) is 11.8. The van der Waals surface area contributed by atoms with E-state index in [2.05, 4.69) is 13.8 Å². The fourth-order valence-electron chi connectivity index (χ4n) is 2.05. The first-order valence-electron chi connectivity index (χ1n) is 6.88. The second-order valence-electron chi connectivity index (χ2n) is 4.59. The number of carbonyl (C=O) groups is 1. The molecule has 0 radical (unpaired) electrons. The van der Waals surface area contributed by atoms with Gasteiger partial charge in [0.05, 0.1) is 5.69 Å². The summed E-state index contributed by atoms with van der Waals surface area (Å²) in [6.07, 6.45) is 4.99. The van der Waals surface area contributed by atoms with Gasteiger partial charge in [0.25, 0.3) is 5.91 Å². The lowest BCUT2D eigenvalue weighted by atomic mass is 10.2. The third kappa shape index (κ3) is 3.52. The van der Waals surface area contributed by atoms with Crippen LogP contribution < -0.4 is 5.73 Å². The van der Waals surface area contributed by atoms with Crippen LogP contribution in [0, 0.1) is 0 Å². The SMILES string of the molecule is CCCCN(CC)C(=O)c1cc(N)cn1CCC. The molecule has 0 aliphatic carbocycles. The van der Waals surface area contributed by atoms with Crippen molar-refractivity contribution in [3.63, 3.8) is 0 Å². The van der Waals surface area contributed by atoms with Gasteiger partial charge in [0.15, 0.2) is 0 Å². The van der Waals surface area contributed by atoms with Crippen LogP contribution in [0.5, 0.6) is 0 Å². The van der Waals surface area contributed by atoms with Crippen molar-refractivity contribution in [2.24, 2.45) is 0 Å². The number of nitrogens with zero attached hydrogens (tertiary/aromatic N) is 2. The van der Waals surface area contributed by atoms with Gasteiger partial charge in [-0.2, -0.15) is 0 Å². The van der Waals surface area contributed by atoms with Gasteiger partial charge in [-0.05, 0) is 25.8 Å². The van der Waals surface area contributed by atoms with Gasteiger partial charge in [0.2, 0.25) is 0 Å². The number of amides is 1. The van der Waals surface area contributed by atoms with Crippen molar-refractivity contribution in [2.75, 3.05) is 18.8 Å². The molecule has 0 saturated carbocycles. The van der Waals surface area contributed by atoms with Gasteiger partial charge in [-0.1, -0.05) is 20.3 Å². The van der Waals surface area contributed by atoms with E-state index in [-0.39, 0.29) is 5.91 Å². The van der Waals surface area contributed by atoms with E-state index in [1.165, 1.54) is 0 Å². The fraction of sp³-hybridized carbons (Fsp3) is 0.643. The van der Waals surface area contributed by atoms with Gasteiger partial charge in [0.1, 0.15) is 5.69 Å². The summed E-state index contributed by atoms with van der Waals surface area (Å²) in [5.41, 5.74) is 7.18. The van der Waals surface area contributed by atoms with E-state index in [9.17, 15) is 4.79 Å². The van der Waals surface area contributed by atoms with Gasteiger partial charge < -0.3 is 15.2 Å². The average Bonchev–Trinajstić information content (AvgIpc) is 2.71. The highest BCUT2D eigenvalue weighted by molar-refractivity contribution is 5.93. The monoisotopic (exact) mass is 251 g/mol.